The van der Waals surface area contributed by atoms with Crippen molar-refractivity contribution in [3.05, 3.63) is 38.9 Å². The van der Waals surface area contributed by atoms with Gasteiger partial charge in [0.1, 0.15) is 5.82 Å². The van der Waals surface area contributed by atoms with Crippen LogP contribution >= 0.6 is 27.3 Å². The summed E-state index contributed by atoms with van der Waals surface area (Å²) in [5.41, 5.74) is 7.25. The third-order valence-electron chi connectivity index (χ3n) is 2.11. The van der Waals surface area contributed by atoms with Crippen molar-refractivity contribution < 1.29 is 4.39 Å². The van der Waals surface area contributed by atoms with E-state index in [4.69, 9.17) is 5.73 Å². The average molecular weight is 301 g/mol. The van der Waals surface area contributed by atoms with Crippen LogP contribution in [-0.2, 0) is 6.42 Å². The number of aromatic nitrogens is 1. The molecular formula is C11H10BrFN2S. The number of benzene rings is 1. The van der Waals surface area contributed by atoms with Crippen molar-refractivity contribution in [2.75, 3.05) is 6.54 Å². The third kappa shape index (κ3) is 2.48. The molecule has 0 aliphatic carbocycles. The molecule has 0 bridgehead atoms. The molecule has 16 heavy (non-hydrogen) atoms. The Morgan fingerprint density at radius 1 is 1.31 bits per heavy atom. The van der Waals surface area contributed by atoms with Crippen molar-refractivity contribution in [3.8, 4) is 11.3 Å². The van der Waals surface area contributed by atoms with Gasteiger partial charge in [-0.1, -0.05) is 0 Å². The highest BCUT2D eigenvalue weighted by Crippen LogP contribution is 2.33. The predicted octanol–water partition coefficient (Wildman–Crippen LogP) is 3.21. The molecule has 0 fully saturated rings. The lowest BCUT2D eigenvalue weighted by molar-refractivity contribution is 0.628. The molecule has 0 spiro atoms. The maximum atomic E-state index is 12.8. The van der Waals surface area contributed by atoms with E-state index in [0.29, 0.717) is 6.54 Å². The van der Waals surface area contributed by atoms with Gasteiger partial charge in [-0.05, 0) is 46.7 Å². The summed E-state index contributed by atoms with van der Waals surface area (Å²) in [5, 5.41) is 0.994. The van der Waals surface area contributed by atoms with E-state index in [1.54, 1.807) is 23.5 Å². The van der Waals surface area contributed by atoms with Gasteiger partial charge in [-0.15, -0.1) is 11.3 Å². The molecule has 0 saturated heterocycles. The van der Waals surface area contributed by atoms with Crippen molar-refractivity contribution >= 4 is 27.3 Å². The first-order valence-electron chi connectivity index (χ1n) is 4.82. The molecule has 0 aliphatic heterocycles. The van der Waals surface area contributed by atoms with Gasteiger partial charge >= 0.3 is 0 Å². The van der Waals surface area contributed by atoms with Crippen LogP contribution in [0, 0.1) is 5.82 Å². The van der Waals surface area contributed by atoms with Gasteiger partial charge < -0.3 is 5.73 Å². The van der Waals surface area contributed by atoms with Crippen LogP contribution < -0.4 is 5.73 Å². The molecular weight excluding hydrogens is 291 g/mol. The molecule has 2 nitrogen and oxygen atoms in total. The first-order valence-corrected chi connectivity index (χ1v) is 6.43. The summed E-state index contributed by atoms with van der Waals surface area (Å²) >= 11 is 5.03. The standard InChI is InChI=1S/C11H10BrFN2S/c12-11-10(15-9(16-11)5-6-14)7-1-3-8(13)4-2-7/h1-4H,5-6,14H2. The van der Waals surface area contributed by atoms with Gasteiger partial charge in [-0.2, -0.15) is 0 Å². The molecule has 2 rings (SSSR count). The van der Waals surface area contributed by atoms with E-state index >= 15 is 0 Å². The highest BCUT2D eigenvalue weighted by atomic mass is 79.9. The van der Waals surface area contributed by atoms with Crippen LogP contribution in [0.1, 0.15) is 5.01 Å². The molecule has 0 amide bonds. The predicted molar refractivity (Wildman–Crippen MR) is 68.0 cm³/mol. The highest BCUT2D eigenvalue weighted by molar-refractivity contribution is 9.11. The Balaban J connectivity index is 2.36. The fourth-order valence-electron chi connectivity index (χ4n) is 1.36. The first-order chi connectivity index (χ1) is 7.70. The Bertz CT molecular complexity index is 481. The minimum absolute atomic E-state index is 0.239. The fraction of sp³-hybridized carbons (Fsp3) is 0.182. The van der Waals surface area contributed by atoms with E-state index in [0.717, 1.165) is 26.5 Å². The quantitative estimate of drug-likeness (QED) is 0.945. The molecule has 84 valence electrons. The van der Waals surface area contributed by atoms with E-state index < -0.39 is 0 Å². The molecule has 5 heteroatoms. The number of hydrogen-bond acceptors (Lipinski definition) is 3. The molecule has 1 heterocycles. The van der Waals surface area contributed by atoms with Gasteiger partial charge in [0.05, 0.1) is 14.5 Å². The maximum absolute atomic E-state index is 12.8. The van der Waals surface area contributed by atoms with E-state index in [2.05, 4.69) is 20.9 Å². The number of nitrogens with two attached hydrogens (primary N) is 1. The van der Waals surface area contributed by atoms with Crippen LogP contribution in [-0.4, -0.2) is 11.5 Å². The molecule has 1 aromatic heterocycles. The lowest BCUT2D eigenvalue weighted by Gasteiger charge is -1.97. The zero-order valence-corrected chi connectivity index (χ0v) is 10.8. The Labute approximate surface area is 105 Å². The molecule has 1 aromatic carbocycles. The number of hydrogen-bond donors (Lipinski definition) is 1. The summed E-state index contributed by atoms with van der Waals surface area (Å²) in [4.78, 5) is 4.47. The van der Waals surface area contributed by atoms with Crippen LogP contribution in [0.4, 0.5) is 4.39 Å². The van der Waals surface area contributed by atoms with Crippen LogP contribution in [0.2, 0.25) is 0 Å². The second kappa shape index (κ2) is 5.03. The second-order valence-corrected chi connectivity index (χ2v) is 5.68. The summed E-state index contributed by atoms with van der Waals surface area (Å²) < 4.78 is 13.7. The number of rotatable bonds is 3. The normalized spacial score (nSPS) is 10.7. The minimum Gasteiger partial charge on any atom is -0.330 e. The molecule has 0 atom stereocenters. The van der Waals surface area contributed by atoms with E-state index in [1.165, 1.54) is 12.1 Å². The minimum atomic E-state index is -0.239. The molecule has 0 unspecified atom stereocenters. The SMILES string of the molecule is NCCc1nc(-c2ccc(F)cc2)c(Br)s1. The van der Waals surface area contributed by atoms with Gasteiger partial charge in [-0.25, -0.2) is 9.37 Å². The topological polar surface area (TPSA) is 38.9 Å². The van der Waals surface area contributed by atoms with E-state index in [-0.39, 0.29) is 5.82 Å². The van der Waals surface area contributed by atoms with Crippen molar-refractivity contribution in [1.82, 2.24) is 4.98 Å². The Hall–Kier alpha value is -0.780. The largest absolute Gasteiger partial charge is 0.330 e. The van der Waals surface area contributed by atoms with Crippen molar-refractivity contribution in [3.63, 3.8) is 0 Å². The van der Waals surface area contributed by atoms with Crippen LogP contribution in [0.3, 0.4) is 0 Å². The maximum Gasteiger partial charge on any atom is 0.123 e. The molecule has 0 aliphatic rings. The molecule has 2 aromatic rings. The number of halogens is 2. The van der Waals surface area contributed by atoms with Crippen LogP contribution in [0.5, 0.6) is 0 Å². The van der Waals surface area contributed by atoms with Gasteiger partial charge in [0.15, 0.2) is 0 Å². The van der Waals surface area contributed by atoms with Gasteiger partial charge in [0.2, 0.25) is 0 Å². The van der Waals surface area contributed by atoms with Crippen molar-refractivity contribution in [2.45, 2.75) is 6.42 Å². The third-order valence-corrected chi connectivity index (χ3v) is 3.87. The lowest BCUT2D eigenvalue weighted by Crippen LogP contribution is -2.01. The summed E-state index contributed by atoms with van der Waals surface area (Å²) in [6.45, 7) is 0.586. The molecule has 2 N–H and O–H groups in total. The molecule has 0 saturated carbocycles. The smallest absolute Gasteiger partial charge is 0.123 e. The summed E-state index contributed by atoms with van der Waals surface area (Å²) in [6.07, 6.45) is 0.768. The number of nitrogens with zero attached hydrogens (tertiary/aromatic N) is 1. The van der Waals surface area contributed by atoms with Crippen LogP contribution in [0.25, 0.3) is 11.3 Å². The van der Waals surface area contributed by atoms with Crippen molar-refractivity contribution in [1.29, 1.82) is 0 Å². The fourth-order valence-corrected chi connectivity index (χ4v) is 3.06. The van der Waals surface area contributed by atoms with Gasteiger partial charge in [0.25, 0.3) is 0 Å². The average Bonchev–Trinajstić information content (AvgIpc) is 2.61. The van der Waals surface area contributed by atoms with E-state index in [9.17, 15) is 4.39 Å². The number of thiazole rings is 1. The zero-order valence-electron chi connectivity index (χ0n) is 8.41. The lowest BCUT2D eigenvalue weighted by atomic mass is 10.2. The van der Waals surface area contributed by atoms with Gasteiger partial charge in [0, 0.05) is 12.0 Å². The second-order valence-electron chi connectivity index (χ2n) is 3.28. The highest BCUT2D eigenvalue weighted by Gasteiger charge is 2.10. The molecule has 0 radical (unpaired) electrons. The Morgan fingerprint density at radius 2 is 2.00 bits per heavy atom. The van der Waals surface area contributed by atoms with E-state index in [1.807, 2.05) is 0 Å². The van der Waals surface area contributed by atoms with Crippen molar-refractivity contribution in [2.24, 2.45) is 5.73 Å². The summed E-state index contributed by atoms with van der Waals surface area (Å²) in [6, 6.07) is 6.32. The Kier molecular flexibility index (Phi) is 3.68. The summed E-state index contributed by atoms with van der Waals surface area (Å²) in [7, 11) is 0. The summed E-state index contributed by atoms with van der Waals surface area (Å²) in [5.74, 6) is -0.239. The van der Waals surface area contributed by atoms with Crippen LogP contribution in [0.15, 0.2) is 28.1 Å². The first kappa shape index (κ1) is 11.7. The zero-order chi connectivity index (χ0) is 11.5. The van der Waals surface area contributed by atoms with Gasteiger partial charge in [-0.3, -0.25) is 0 Å². The Morgan fingerprint density at radius 3 is 2.62 bits per heavy atom. The monoisotopic (exact) mass is 300 g/mol.